The summed E-state index contributed by atoms with van der Waals surface area (Å²) in [6, 6.07) is 3.46. The lowest BCUT2D eigenvalue weighted by Gasteiger charge is -2.28. The molecule has 2 N–H and O–H groups in total. The number of hydrogen-bond acceptors (Lipinski definition) is 5. The van der Waals surface area contributed by atoms with E-state index in [2.05, 4.69) is 53.7 Å². The smallest absolute Gasteiger partial charge is 0.271 e. The summed E-state index contributed by atoms with van der Waals surface area (Å²) in [7, 11) is 4.12. The van der Waals surface area contributed by atoms with E-state index >= 15 is 0 Å². The van der Waals surface area contributed by atoms with Crippen molar-refractivity contribution in [3.05, 3.63) is 17.8 Å². The van der Waals surface area contributed by atoms with Gasteiger partial charge in [0.05, 0.1) is 0 Å². The van der Waals surface area contributed by atoms with E-state index in [9.17, 15) is 4.79 Å². The summed E-state index contributed by atoms with van der Waals surface area (Å²) in [5.74, 6) is 0.490. The molecule has 0 aliphatic rings. The molecule has 0 saturated heterocycles. The Kier molecular flexibility index (Phi) is 5.88. The zero-order valence-corrected chi connectivity index (χ0v) is 13.0. The summed E-state index contributed by atoms with van der Waals surface area (Å²) in [5.41, 5.74) is 0.466. The minimum atomic E-state index is -0.195. The van der Waals surface area contributed by atoms with Crippen molar-refractivity contribution in [1.29, 1.82) is 0 Å². The molecule has 112 valence electrons. The van der Waals surface area contributed by atoms with Crippen LogP contribution in [0.25, 0.3) is 0 Å². The molecule has 1 aromatic heterocycles. The number of carbonyl (C=O) groups excluding carboxylic acids is 1. The molecule has 6 nitrogen and oxygen atoms in total. The van der Waals surface area contributed by atoms with Gasteiger partial charge in [0.25, 0.3) is 5.91 Å². The van der Waals surface area contributed by atoms with Gasteiger partial charge in [0.15, 0.2) is 5.69 Å². The third kappa shape index (κ3) is 5.52. The normalized spacial score (nSPS) is 11.5. The second kappa shape index (κ2) is 7.19. The van der Waals surface area contributed by atoms with Gasteiger partial charge in [-0.05, 0) is 38.6 Å². The van der Waals surface area contributed by atoms with E-state index in [0.29, 0.717) is 18.1 Å². The minimum absolute atomic E-state index is 0.128. The Balaban J connectivity index is 2.55. The Hall–Kier alpha value is -1.69. The fourth-order valence-electron chi connectivity index (χ4n) is 2.04. The summed E-state index contributed by atoms with van der Waals surface area (Å²) < 4.78 is 0. The number of rotatable bonds is 7. The Morgan fingerprint density at radius 2 is 2.00 bits per heavy atom. The first-order valence-electron chi connectivity index (χ1n) is 6.84. The molecule has 0 aliphatic heterocycles. The van der Waals surface area contributed by atoms with Crippen LogP contribution in [0.4, 0.5) is 5.82 Å². The highest BCUT2D eigenvalue weighted by atomic mass is 16.1. The molecule has 1 aromatic rings. The topological polar surface area (TPSA) is 70.2 Å². The van der Waals surface area contributed by atoms with Crippen LogP contribution >= 0.6 is 0 Å². The Morgan fingerprint density at radius 3 is 2.50 bits per heavy atom. The first-order valence-corrected chi connectivity index (χ1v) is 6.84. The molecular weight excluding hydrogens is 254 g/mol. The molecule has 1 amide bonds. The van der Waals surface area contributed by atoms with Crippen molar-refractivity contribution < 1.29 is 4.79 Å². The van der Waals surface area contributed by atoms with Crippen molar-refractivity contribution in [2.75, 3.05) is 39.0 Å². The molecule has 20 heavy (non-hydrogen) atoms. The molecular formula is C14H25N5O. The van der Waals surface area contributed by atoms with Gasteiger partial charge in [0, 0.05) is 19.6 Å². The number of aromatic nitrogens is 2. The summed E-state index contributed by atoms with van der Waals surface area (Å²) in [6.45, 7) is 8.60. The second-order valence-corrected chi connectivity index (χ2v) is 5.92. The average Bonchev–Trinajstić information content (AvgIpc) is 2.36. The Morgan fingerprint density at radius 1 is 1.30 bits per heavy atom. The first kappa shape index (κ1) is 16.4. The van der Waals surface area contributed by atoms with Crippen LogP contribution < -0.4 is 10.6 Å². The van der Waals surface area contributed by atoms with Crippen molar-refractivity contribution in [3.8, 4) is 0 Å². The van der Waals surface area contributed by atoms with Crippen LogP contribution in [-0.4, -0.2) is 54.7 Å². The van der Waals surface area contributed by atoms with Gasteiger partial charge in [-0.25, -0.2) is 0 Å². The van der Waals surface area contributed by atoms with Gasteiger partial charge in [0.1, 0.15) is 5.82 Å². The summed E-state index contributed by atoms with van der Waals surface area (Å²) in [4.78, 5) is 13.7. The van der Waals surface area contributed by atoms with Crippen molar-refractivity contribution in [3.63, 3.8) is 0 Å². The molecule has 0 radical (unpaired) electrons. The lowest BCUT2D eigenvalue weighted by atomic mass is 9.93. The first-order chi connectivity index (χ1) is 9.34. The van der Waals surface area contributed by atoms with Crippen LogP contribution in [0.5, 0.6) is 0 Å². The van der Waals surface area contributed by atoms with Crippen molar-refractivity contribution in [2.24, 2.45) is 5.41 Å². The highest BCUT2D eigenvalue weighted by Crippen LogP contribution is 2.16. The molecule has 0 fully saturated rings. The number of anilines is 1. The van der Waals surface area contributed by atoms with E-state index < -0.39 is 0 Å². The van der Waals surface area contributed by atoms with Gasteiger partial charge in [0.2, 0.25) is 0 Å². The summed E-state index contributed by atoms with van der Waals surface area (Å²) in [5, 5.41) is 13.9. The van der Waals surface area contributed by atoms with Crippen molar-refractivity contribution >= 4 is 11.7 Å². The fourth-order valence-corrected chi connectivity index (χ4v) is 2.04. The number of amides is 1. The second-order valence-electron chi connectivity index (χ2n) is 5.92. The summed E-state index contributed by atoms with van der Waals surface area (Å²) >= 11 is 0. The average molecular weight is 279 g/mol. The monoisotopic (exact) mass is 279 g/mol. The van der Waals surface area contributed by atoms with E-state index in [-0.39, 0.29) is 11.3 Å². The van der Waals surface area contributed by atoms with E-state index in [4.69, 9.17) is 0 Å². The number of hydrogen-bond donors (Lipinski definition) is 2. The lowest BCUT2D eigenvalue weighted by Crippen LogP contribution is -2.34. The fraction of sp³-hybridized carbons (Fsp3) is 0.643. The van der Waals surface area contributed by atoms with Crippen LogP contribution in [0, 0.1) is 5.41 Å². The van der Waals surface area contributed by atoms with Gasteiger partial charge >= 0.3 is 0 Å². The van der Waals surface area contributed by atoms with Crippen molar-refractivity contribution in [2.45, 2.75) is 20.8 Å². The van der Waals surface area contributed by atoms with Gasteiger partial charge in [-0.15, -0.1) is 10.2 Å². The zero-order chi connectivity index (χ0) is 15.2. The minimum Gasteiger partial charge on any atom is -0.368 e. The van der Waals surface area contributed by atoms with Crippen molar-refractivity contribution in [1.82, 2.24) is 20.4 Å². The maximum Gasteiger partial charge on any atom is 0.271 e. The maximum absolute atomic E-state index is 11.6. The molecule has 0 unspecified atom stereocenters. The highest BCUT2D eigenvalue weighted by Gasteiger charge is 2.18. The largest absolute Gasteiger partial charge is 0.368 e. The number of nitrogens with one attached hydrogen (secondary N) is 2. The van der Waals surface area contributed by atoms with E-state index in [1.54, 1.807) is 12.1 Å². The van der Waals surface area contributed by atoms with Crippen LogP contribution in [-0.2, 0) is 0 Å². The molecule has 1 rings (SSSR count). The van der Waals surface area contributed by atoms with E-state index in [0.717, 1.165) is 13.1 Å². The third-order valence-electron chi connectivity index (χ3n) is 2.73. The van der Waals surface area contributed by atoms with Gasteiger partial charge in [-0.1, -0.05) is 13.8 Å². The molecule has 0 bridgehead atoms. The maximum atomic E-state index is 11.6. The predicted octanol–water partition coefficient (Wildman–Crippen LogP) is 1.23. The third-order valence-corrected chi connectivity index (χ3v) is 2.73. The predicted molar refractivity (Wildman–Crippen MR) is 80.9 cm³/mol. The standard InChI is InChI=1S/C14H25N5O/c1-6-15-13(20)11-7-8-12(18-17-11)16-9-14(2,3)10-19(4)5/h7-8H,6,9-10H2,1-5H3,(H,15,20)(H,16,18). The molecule has 0 aliphatic carbocycles. The number of carbonyl (C=O) groups is 1. The van der Waals surface area contributed by atoms with E-state index in [1.807, 2.05) is 6.92 Å². The van der Waals surface area contributed by atoms with Crippen LogP contribution in [0.3, 0.4) is 0 Å². The zero-order valence-electron chi connectivity index (χ0n) is 13.0. The highest BCUT2D eigenvalue weighted by molar-refractivity contribution is 5.92. The Labute approximate surface area is 121 Å². The van der Waals surface area contributed by atoms with Gasteiger partial charge in [-0.2, -0.15) is 0 Å². The van der Waals surface area contributed by atoms with Crippen LogP contribution in [0.1, 0.15) is 31.3 Å². The van der Waals surface area contributed by atoms with Crippen LogP contribution in [0.2, 0.25) is 0 Å². The lowest BCUT2D eigenvalue weighted by molar-refractivity contribution is 0.0950. The SMILES string of the molecule is CCNC(=O)c1ccc(NCC(C)(C)CN(C)C)nn1. The van der Waals surface area contributed by atoms with Gasteiger partial charge in [-0.3, -0.25) is 4.79 Å². The van der Waals surface area contributed by atoms with Crippen LogP contribution in [0.15, 0.2) is 12.1 Å². The molecule has 6 heteroatoms. The number of nitrogens with zero attached hydrogens (tertiary/aromatic N) is 3. The van der Waals surface area contributed by atoms with E-state index in [1.165, 1.54) is 0 Å². The molecule has 1 heterocycles. The molecule has 0 spiro atoms. The van der Waals surface area contributed by atoms with Gasteiger partial charge < -0.3 is 15.5 Å². The molecule has 0 aromatic carbocycles. The molecule has 0 saturated carbocycles. The quantitative estimate of drug-likeness (QED) is 0.785. The molecule has 0 atom stereocenters. The Bertz CT molecular complexity index is 428. The summed E-state index contributed by atoms with van der Waals surface area (Å²) in [6.07, 6.45) is 0.